The van der Waals surface area contributed by atoms with E-state index in [9.17, 15) is 14.3 Å². The Morgan fingerprint density at radius 3 is 2.70 bits per heavy atom. The van der Waals surface area contributed by atoms with Gasteiger partial charge in [-0.05, 0) is 24.6 Å². The minimum atomic E-state index is -0.953. The first-order chi connectivity index (χ1) is 9.56. The summed E-state index contributed by atoms with van der Waals surface area (Å²) in [5, 5.41) is 15.0. The van der Waals surface area contributed by atoms with Crippen molar-refractivity contribution in [1.29, 1.82) is 0 Å². The zero-order valence-electron chi connectivity index (χ0n) is 10.7. The number of oxazole rings is 1. The molecule has 1 aromatic carbocycles. The fraction of sp³-hybridized carbons (Fsp3) is 0.231. The molecule has 0 fully saturated rings. The van der Waals surface area contributed by atoms with Crippen LogP contribution in [-0.2, 0) is 0 Å². The van der Waals surface area contributed by atoms with Gasteiger partial charge in [0.05, 0.1) is 18.3 Å². The molecule has 0 aliphatic carbocycles. The Kier molecular flexibility index (Phi) is 4.31. The van der Waals surface area contributed by atoms with Gasteiger partial charge < -0.3 is 14.8 Å². The molecule has 1 heterocycles. The molecule has 7 heteroatoms. The van der Waals surface area contributed by atoms with Crippen molar-refractivity contribution in [2.24, 2.45) is 0 Å². The van der Waals surface area contributed by atoms with E-state index in [0.29, 0.717) is 5.56 Å². The van der Waals surface area contributed by atoms with Crippen molar-refractivity contribution in [1.82, 2.24) is 10.3 Å². The molecule has 2 rings (SSSR count). The highest BCUT2D eigenvalue weighted by molar-refractivity contribution is 5.87. The predicted octanol–water partition coefficient (Wildman–Crippen LogP) is 2.06. The number of nitrogens with one attached hydrogen (secondary N) is 2. The van der Waals surface area contributed by atoms with Crippen LogP contribution < -0.4 is 10.6 Å². The molecule has 6 nitrogen and oxygen atoms in total. The molecular formula is C13H14FN3O3. The van der Waals surface area contributed by atoms with Gasteiger partial charge in [0.25, 0.3) is 0 Å². The largest absolute Gasteiger partial charge is 0.432 e. The number of aliphatic hydroxyl groups excluding tert-OH is 1. The number of amides is 2. The van der Waals surface area contributed by atoms with Crippen molar-refractivity contribution in [3.8, 4) is 0 Å². The van der Waals surface area contributed by atoms with Crippen LogP contribution in [0.5, 0.6) is 0 Å². The van der Waals surface area contributed by atoms with Crippen LogP contribution in [0.3, 0.4) is 0 Å². The van der Waals surface area contributed by atoms with Crippen LogP contribution >= 0.6 is 0 Å². The van der Waals surface area contributed by atoms with Gasteiger partial charge in [-0.1, -0.05) is 12.1 Å². The summed E-state index contributed by atoms with van der Waals surface area (Å²) in [6.07, 6.45) is 1.77. The number of halogens is 1. The number of benzene rings is 1. The highest BCUT2D eigenvalue weighted by Gasteiger charge is 2.19. The van der Waals surface area contributed by atoms with Crippen molar-refractivity contribution in [2.75, 3.05) is 5.32 Å². The second-order valence-electron chi connectivity index (χ2n) is 4.22. The van der Waals surface area contributed by atoms with E-state index in [0.717, 1.165) is 0 Å². The van der Waals surface area contributed by atoms with Crippen LogP contribution in [0.25, 0.3) is 0 Å². The molecule has 2 amide bonds. The lowest BCUT2D eigenvalue weighted by Gasteiger charge is -2.20. The number of rotatable bonds is 4. The Labute approximate surface area is 114 Å². The molecule has 0 aliphatic heterocycles. The van der Waals surface area contributed by atoms with Gasteiger partial charge in [-0.25, -0.2) is 14.2 Å². The zero-order chi connectivity index (χ0) is 14.5. The Morgan fingerprint density at radius 2 is 2.10 bits per heavy atom. The first kappa shape index (κ1) is 14.0. The summed E-state index contributed by atoms with van der Waals surface area (Å²) in [5.74, 6) is -0.386. The summed E-state index contributed by atoms with van der Waals surface area (Å²) in [6.45, 7) is 1.63. The number of carbonyl (C=O) groups is 1. The SMILES string of the molecule is C[C@H](NC(=O)Nc1ncco1)[C@H](O)c1ccc(F)cc1. The van der Waals surface area contributed by atoms with Crippen LogP contribution in [0.2, 0.25) is 0 Å². The minimum absolute atomic E-state index is 0.0611. The maximum absolute atomic E-state index is 12.8. The third-order valence-electron chi connectivity index (χ3n) is 2.70. The zero-order valence-corrected chi connectivity index (χ0v) is 10.7. The number of aromatic nitrogens is 1. The standard InChI is InChI=1S/C13H14FN3O3/c1-8(11(18)9-2-4-10(14)5-3-9)16-12(19)17-13-15-6-7-20-13/h2-8,11,18H,1H3,(H2,15,16,17,19)/t8-,11-/m0/s1. The van der Waals surface area contributed by atoms with Crippen molar-refractivity contribution >= 4 is 12.0 Å². The van der Waals surface area contributed by atoms with Crippen LogP contribution in [0.1, 0.15) is 18.6 Å². The lowest BCUT2D eigenvalue weighted by Crippen LogP contribution is -2.39. The number of hydrogen-bond donors (Lipinski definition) is 3. The molecule has 2 atom stereocenters. The van der Waals surface area contributed by atoms with E-state index in [-0.39, 0.29) is 11.8 Å². The van der Waals surface area contributed by atoms with Gasteiger partial charge in [0.2, 0.25) is 0 Å². The van der Waals surface area contributed by atoms with E-state index in [4.69, 9.17) is 4.42 Å². The number of anilines is 1. The Bertz CT molecular complexity index is 557. The summed E-state index contributed by atoms with van der Waals surface area (Å²) >= 11 is 0. The molecule has 0 bridgehead atoms. The topological polar surface area (TPSA) is 87.4 Å². The molecule has 0 aliphatic rings. The number of hydrogen-bond acceptors (Lipinski definition) is 4. The fourth-order valence-corrected chi connectivity index (χ4v) is 1.65. The highest BCUT2D eigenvalue weighted by Crippen LogP contribution is 2.17. The number of aliphatic hydroxyl groups is 1. The number of carbonyl (C=O) groups excluding carboxylic acids is 1. The maximum atomic E-state index is 12.8. The Balaban J connectivity index is 1.91. The van der Waals surface area contributed by atoms with Crippen molar-refractivity contribution in [3.05, 3.63) is 48.1 Å². The first-order valence-corrected chi connectivity index (χ1v) is 5.97. The van der Waals surface area contributed by atoms with Crippen LogP contribution in [0.15, 0.2) is 41.1 Å². The Morgan fingerprint density at radius 1 is 1.40 bits per heavy atom. The van der Waals surface area contributed by atoms with Crippen LogP contribution in [0, 0.1) is 5.82 Å². The van der Waals surface area contributed by atoms with E-state index in [1.165, 1.54) is 36.7 Å². The van der Waals surface area contributed by atoms with Crippen LogP contribution in [-0.4, -0.2) is 22.2 Å². The molecule has 2 aromatic rings. The molecule has 0 saturated carbocycles. The van der Waals surface area contributed by atoms with Gasteiger partial charge in [-0.15, -0.1) is 0 Å². The molecule has 20 heavy (non-hydrogen) atoms. The van der Waals surface area contributed by atoms with Gasteiger partial charge in [0.1, 0.15) is 12.1 Å². The molecule has 0 spiro atoms. The number of urea groups is 1. The van der Waals surface area contributed by atoms with Gasteiger partial charge in [0.15, 0.2) is 0 Å². The molecule has 106 valence electrons. The average molecular weight is 279 g/mol. The maximum Gasteiger partial charge on any atom is 0.323 e. The molecular weight excluding hydrogens is 265 g/mol. The van der Waals surface area contributed by atoms with E-state index in [1.807, 2.05) is 0 Å². The predicted molar refractivity (Wildman–Crippen MR) is 69.5 cm³/mol. The fourth-order valence-electron chi connectivity index (χ4n) is 1.65. The van der Waals surface area contributed by atoms with E-state index in [2.05, 4.69) is 15.6 Å². The summed E-state index contributed by atoms with van der Waals surface area (Å²) < 4.78 is 17.7. The minimum Gasteiger partial charge on any atom is -0.432 e. The molecule has 1 aromatic heterocycles. The summed E-state index contributed by atoms with van der Waals surface area (Å²) in [7, 11) is 0. The van der Waals surface area contributed by atoms with Crippen molar-refractivity contribution in [3.63, 3.8) is 0 Å². The van der Waals surface area contributed by atoms with Gasteiger partial charge >= 0.3 is 12.0 Å². The summed E-state index contributed by atoms with van der Waals surface area (Å²) in [4.78, 5) is 15.4. The van der Waals surface area contributed by atoms with E-state index >= 15 is 0 Å². The Hall–Kier alpha value is -2.41. The lowest BCUT2D eigenvalue weighted by molar-refractivity contribution is 0.139. The van der Waals surface area contributed by atoms with Crippen molar-refractivity contribution in [2.45, 2.75) is 19.1 Å². The third kappa shape index (κ3) is 3.55. The molecule has 0 radical (unpaired) electrons. The number of nitrogens with zero attached hydrogens (tertiary/aromatic N) is 1. The normalized spacial score (nSPS) is 13.6. The molecule has 3 N–H and O–H groups in total. The third-order valence-corrected chi connectivity index (χ3v) is 2.70. The van der Waals surface area contributed by atoms with E-state index in [1.54, 1.807) is 6.92 Å². The average Bonchev–Trinajstić information content (AvgIpc) is 2.91. The highest BCUT2D eigenvalue weighted by atomic mass is 19.1. The summed E-state index contributed by atoms with van der Waals surface area (Å²) in [5.41, 5.74) is 0.510. The second-order valence-corrected chi connectivity index (χ2v) is 4.22. The van der Waals surface area contributed by atoms with Crippen molar-refractivity contribution < 1.29 is 18.7 Å². The smallest absolute Gasteiger partial charge is 0.323 e. The lowest BCUT2D eigenvalue weighted by atomic mass is 10.0. The second kappa shape index (κ2) is 6.16. The molecule has 0 unspecified atom stereocenters. The molecule has 0 saturated heterocycles. The van der Waals surface area contributed by atoms with Gasteiger partial charge in [0, 0.05) is 0 Å². The van der Waals surface area contributed by atoms with Gasteiger partial charge in [-0.3, -0.25) is 5.32 Å². The van der Waals surface area contributed by atoms with Crippen LogP contribution in [0.4, 0.5) is 15.2 Å². The van der Waals surface area contributed by atoms with Gasteiger partial charge in [-0.2, -0.15) is 0 Å². The van der Waals surface area contributed by atoms with E-state index < -0.39 is 18.2 Å². The summed E-state index contributed by atoms with van der Waals surface area (Å²) in [6, 6.07) is 4.35. The monoisotopic (exact) mass is 279 g/mol. The first-order valence-electron chi connectivity index (χ1n) is 5.97. The quantitative estimate of drug-likeness (QED) is 0.799.